The lowest BCUT2D eigenvalue weighted by Crippen LogP contribution is -2.39. The van der Waals surface area contributed by atoms with E-state index in [4.69, 9.17) is 4.74 Å². The second-order valence-corrected chi connectivity index (χ2v) is 7.53. The Bertz CT molecular complexity index is 906. The summed E-state index contributed by atoms with van der Waals surface area (Å²) in [5.41, 5.74) is 2.77. The molecule has 2 aromatic rings. The molecule has 0 spiro atoms. The quantitative estimate of drug-likeness (QED) is 0.728. The number of hydrogen-bond acceptors (Lipinski definition) is 5. The highest BCUT2D eigenvalue weighted by Gasteiger charge is 2.12. The van der Waals surface area contributed by atoms with E-state index in [2.05, 4.69) is 28.4 Å². The molecular weight excluding hydrogens is 356 g/mol. The van der Waals surface area contributed by atoms with Crippen molar-refractivity contribution in [1.82, 2.24) is 14.0 Å². The zero-order valence-corrected chi connectivity index (χ0v) is 17.0. The van der Waals surface area contributed by atoms with Gasteiger partial charge in [-0.2, -0.15) is 0 Å². The summed E-state index contributed by atoms with van der Waals surface area (Å²) < 4.78 is 8.17. The summed E-state index contributed by atoms with van der Waals surface area (Å²) in [4.78, 5) is 27.2. The van der Waals surface area contributed by atoms with Crippen LogP contribution in [0.2, 0.25) is 0 Å². The Morgan fingerprint density at radius 2 is 1.71 bits per heavy atom. The maximum absolute atomic E-state index is 12.7. The van der Waals surface area contributed by atoms with Crippen molar-refractivity contribution in [3.05, 3.63) is 61.8 Å². The number of rotatable bonds is 7. The molecule has 0 amide bonds. The van der Waals surface area contributed by atoms with Crippen LogP contribution in [-0.4, -0.2) is 53.4 Å². The Morgan fingerprint density at radius 1 is 1.04 bits per heavy atom. The summed E-state index contributed by atoms with van der Waals surface area (Å²) in [7, 11) is 1.52. The van der Waals surface area contributed by atoms with Gasteiger partial charge in [-0.25, -0.2) is 4.79 Å². The Morgan fingerprint density at radius 3 is 2.39 bits per heavy atom. The van der Waals surface area contributed by atoms with Crippen LogP contribution in [0.25, 0.3) is 0 Å². The molecule has 2 heterocycles. The number of nitrogens with one attached hydrogen (secondary N) is 1. The minimum absolute atomic E-state index is 0.294. The molecule has 0 bridgehead atoms. The number of benzene rings is 1. The highest BCUT2D eigenvalue weighted by Crippen LogP contribution is 2.12. The minimum atomic E-state index is -0.303. The molecule has 1 aliphatic heterocycles. The van der Waals surface area contributed by atoms with Crippen molar-refractivity contribution in [2.75, 3.05) is 44.7 Å². The van der Waals surface area contributed by atoms with Gasteiger partial charge in [0.2, 0.25) is 0 Å². The summed E-state index contributed by atoms with van der Waals surface area (Å²) in [6, 6.07) is 7.77. The first-order chi connectivity index (χ1) is 13.4. The molecule has 0 saturated carbocycles. The van der Waals surface area contributed by atoms with Crippen LogP contribution >= 0.6 is 0 Å². The molecule has 1 fully saturated rings. The van der Waals surface area contributed by atoms with Crippen LogP contribution in [-0.2, 0) is 18.3 Å². The fourth-order valence-electron chi connectivity index (χ4n) is 3.66. The minimum Gasteiger partial charge on any atom is -0.379 e. The fraction of sp³-hybridized carbons (Fsp3) is 0.524. The Hall–Kier alpha value is -2.38. The van der Waals surface area contributed by atoms with Crippen LogP contribution in [0.3, 0.4) is 0 Å². The molecule has 0 aliphatic carbocycles. The van der Waals surface area contributed by atoms with Gasteiger partial charge in [0.1, 0.15) is 5.82 Å². The second kappa shape index (κ2) is 9.21. The van der Waals surface area contributed by atoms with E-state index in [1.807, 2.05) is 13.8 Å². The summed E-state index contributed by atoms with van der Waals surface area (Å²) in [5.74, 6) is 0.578. The van der Waals surface area contributed by atoms with Gasteiger partial charge in [0.05, 0.1) is 19.8 Å². The number of aryl methyl sites for hydroxylation is 2. The molecule has 1 aliphatic rings. The monoisotopic (exact) mass is 386 g/mol. The number of morpholine rings is 1. The van der Waals surface area contributed by atoms with Crippen LogP contribution in [0, 0.1) is 13.8 Å². The summed E-state index contributed by atoms with van der Waals surface area (Å²) in [6.45, 7) is 9.71. The number of anilines is 1. The van der Waals surface area contributed by atoms with Crippen LogP contribution < -0.4 is 16.6 Å². The van der Waals surface area contributed by atoms with Crippen molar-refractivity contribution in [2.45, 2.75) is 26.8 Å². The first-order valence-corrected chi connectivity index (χ1v) is 9.86. The van der Waals surface area contributed by atoms with Crippen LogP contribution in [0.15, 0.2) is 33.9 Å². The first-order valence-electron chi connectivity index (χ1n) is 9.86. The summed E-state index contributed by atoms with van der Waals surface area (Å²) >= 11 is 0. The second-order valence-electron chi connectivity index (χ2n) is 7.53. The molecule has 7 heteroatoms. The third-order valence-corrected chi connectivity index (χ3v) is 5.08. The average Bonchev–Trinajstić information content (AvgIpc) is 2.66. The largest absolute Gasteiger partial charge is 0.379 e. The maximum atomic E-state index is 12.7. The van der Waals surface area contributed by atoms with Crippen molar-refractivity contribution in [2.24, 2.45) is 7.05 Å². The number of aromatic nitrogens is 2. The van der Waals surface area contributed by atoms with Gasteiger partial charge in [0, 0.05) is 32.7 Å². The molecule has 152 valence electrons. The topological polar surface area (TPSA) is 68.5 Å². The van der Waals surface area contributed by atoms with Gasteiger partial charge in [-0.15, -0.1) is 0 Å². The number of ether oxygens (including phenoxy) is 1. The van der Waals surface area contributed by atoms with E-state index in [9.17, 15) is 9.59 Å². The van der Waals surface area contributed by atoms with Crippen molar-refractivity contribution < 1.29 is 4.74 Å². The van der Waals surface area contributed by atoms with E-state index in [-0.39, 0.29) is 11.2 Å². The lowest BCUT2D eigenvalue weighted by atomic mass is 10.1. The predicted molar refractivity (Wildman–Crippen MR) is 111 cm³/mol. The zero-order valence-electron chi connectivity index (χ0n) is 17.0. The molecule has 3 rings (SSSR count). The lowest BCUT2D eigenvalue weighted by Gasteiger charge is -2.26. The maximum Gasteiger partial charge on any atom is 0.332 e. The SMILES string of the molecule is Cc1cc(C)cc(Cn2c(NCCCN3CCOCC3)cc(=O)n(C)c2=O)c1. The van der Waals surface area contributed by atoms with Gasteiger partial charge >= 0.3 is 5.69 Å². The Balaban J connectivity index is 1.74. The van der Waals surface area contributed by atoms with Gasteiger partial charge in [0.25, 0.3) is 5.56 Å². The molecule has 0 atom stereocenters. The van der Waals surface area contributed by atoms with Crippen LogP contribution in [0.4, 0.5) is 5.82 Å². The van der Waals surface area contributed by atoms with Gasteiger partial charge in [-0.3, -0.25) is 18.8 Å². The highest BCUT2D eigenvalue weighted by molar-refractivity contribution is 5.36. The third-order valence-electron chi connectivity index (χ3n) is 5.08. The number of nitrogens with zero attached hydrogens (tertiary/aromatic N) is 3. The van der Waals surface area contributed by atoms with E-state index in [1.54, 1.807) is 4.57 Å². The number of hydrogen-bond donors (Lipinski definition) is 1. The third kappa shape index (κ3) is 5.11. The van der Waals surface area contributed by atoms with E-state index in [1.165, 1.54) is 13.1 Å². The predicted octanol–water partition coefficient (Wildman–Crippen LogP) is 1.35. The van der Waals surface area contributed by atoms with Gasteiger partial charge in [-0.05, 0) is 32.4 Å². The molecule has 28 heavy (non-hydrogen) atoms. The van der Waals surface area contributed by atoms with Crippen molar-refractivity contribution >= 4 is 5.82 Å². The van der Waals surface area contributed by atoms with Crippen molar-refractivity contribution in [3.63, 3.8) is 0 Å². The van der Waals surface area contributed by atoms with E-state index in [0.29, 0.717) is 18.9 Å². The molecule has 1 saturated heterocycles. The van der Waals surface area contributed by atoms with Gasteiger partial charge in [-0.1, -0.05) is 29.3 Å². The Kier molecular flexibility index (Phi) is 6.70. The molecule has 0 radical (unpaired) electrons. The molecule has 1 aromatic carbocycles. The fourth-order valence-corrected chi connectivity index (χ4v) is 3.66. The normalized spacial score (nSPS) is 15.0. The highest BCUT2D eigenvalue weighted by atomic mass is 16.5. The van der Waals surface area contributed by atoms with Crippen molar-refractivity contribution in [1.29, 1.82) is 0 Å². The first kappa shape index (κ1) is 20.4. The van der Waals surface area contributed by atoms with E-state index < -0.39 is 0 Å². The standard InChI is InChI=1S/C21H30N4O3/c1-16-11-17(2)13-18(12-16)15-25-19(14-20(26)23(3)21(25)27)22-5-4-6-24-7-9-28-10-8-24/h11-14,22H,4-10,15H2,1-3H3. The molecular formula is C21H30N4O3. The van der Waals surface area contributed by atoms with Gasteiger partial charge in [0.15, 0.2) is 0 Å². The van der Waals surface area contributed by atoms with Gasteiger partial charge < -0.3 is 10.1 Å². The Labute approximate surface area is 165 Å². The summed E-state index contributed by atoms with van der Waals surface area (Å²) in [5, 5.41) is 3.30. The summed E-state index contributed by atoms with van der Waals surface area (Å²) in [6.07, 6.45) is 0.937. The van der Waals surface area contributed by atoms with Crippen LogP contribution in [0.5, 0.6) is 0 Å². The molecule has 7 nitrogen and oxygen atoms in total. The zero-order chi connectivity index (χ0) is 20.1. The molecule has 1 N–H and O–H groups in total. The van der Waals surface area contributed by atoms with Crippen LogP contribution in [0.1, 0.15) is 23.1 Å². The lowest BCUT2D eigenvalue weighted by molar-refractivity contribution is 0.0378. The molecule has 1 aromatic heterocycles. The smallest absolute Gasteiger partial charge is 0.332 e. The average molecular weight is 386 g/mol. The molecule has 0 unspecified atom stereocenters. The van der Waals surface area contributed by atoms with E-state index in [0.717, 1.165) is 60.5 Å². The van der Waals surface area contributed by atoms with E-state index >= 15 is 0 Å². The van der Waals surface area contributed by atoms with Crippen molar-refractivity contribution in [3.8, 4) is 0 Å².